The van der Waals surface area contributed by atoms with E-state index in [2.05, 4.69) is 10.6 Å². The Morgan fingerprint density at radius 1 is 1.07 bits per heavy atom. The number of hydrogen-bond acceptors (Lipinski definition) is 4. The highest BCUT2D eigenvalue weighted by molar-refractivity contribution is 5.99. The molecule has 0 radical (unpaired) electrons. The lowest BCUT2D eigenvalue weighted by atomic mass is 9.49. The summed E-state index contributed by atoms with van der Waals surface area (Å²) in [4.78, 5) is 37.3. The van der Waals surface area contributed by atoms with Gasteiger partial charge < -0.3 is 15.4 Å². The number of carbonyl (C=O) groups is 3. The molecule has 1 aromatic rings. The largest absolute Gasteiger partial charge is 0.465 e. The molecule has 6 nitrogen and oxygen atoms in total. The second-order valence-electron chi connectivity index (χ2n) is 8.95. The first-order valence-electron chi connectivity index (χ1n) is 10.2. The van der Waals surface area contributed by atoms with Crippen molar-refractivity contribution in [1.82, 2.24) is 5.32 Å². The average molecular weight is 384 g/mol. The number of nitrogens with one attached hydrogen (secondary N) is 2. The second kappa shape index (κ2) is 7.22. The van der Waals surface area contributed by atoms with Crippen molar-refractivity contribution in [2.24, 2.45) is 23.2 Å². The van der Waals surface area contributed by atoms with E-state index in [0.29, 0.717) is 29.0 Å². The summed E-state index contributed by atoms with van der Waals surface area (Å²) in [6.45, 7) is 1.71. The van der Waals surface area contributed by atoms with Crippen molar-refractivity contribution in [1.29, 1.82) is 0 Å². The molecule has 1 aromatic carbocycles. The van der Waals surface area contributed by atoms with E-state index < -0.39 is 12.0 Å². The zero-order valence-electron chi connectivity index (χ0n) is 16.5. The lowest BCUT2D eigenvalue weighted by molar-refractivity contribution is -0.147. The summed E-state index contributed by atoms with van der Waals surface area (Å²) in [5, 5.41) is 5.74. The molecule has 6 heteroatoms. The van der Waals surface area contributed by atoms with Gasteiger partial charge in [0.05, 0.1) is 12.7 Å². The quantitative estimate of drug-likeness (QED) is 0.764. The van der Waals surface area contributed by atoms with Crippen LogP contribution in [0.1, 0.15) is 55.8 Å². The fraction of sp³-hybridized carbons (Fsp3) is 0.591. The topological polar surface area (TPSA) is 84.5 Å². The maximum absolute atomic E-state index is 13.1. The van der Waals surface area contributed by atoms with Crippen LogP contribution in [0.5, 0.6) is 0 Å². The Kier molecular flexibility index (Phi) is 4.89. The van der Waals surface area contributed by atoms with Crippen molar-refractivity contribution >= 4 is 23.5 Å². The molecular formula is C22H28N2O4. The molecule has 0 heterocycles. The van der Waals surface area contributed by atoms with E-state index in [1.54, 1.807) is 31.2 Å². The number of amides is 2. The van der Waals surface area contributed by atoms with Crippen molar-refractivity contribution in [2.45, 2.75) is 51.5 Å². The SMILES string of the molecule is COC(=O)c1cccc(NC(=O)C(C)NC(=O)C23CC4CC(CC(C4)C2)C3)c1. The number of carbonyl (C=O) groups excluding carboxylic acids is 3. The molecular weight excluding hydrogens is 356 g/mol. The van der Waals surface area contributed by atoms with Gasteiger partial charge in [-0.05, 0) is 81.4 Å². The summed E-state index contributed by atoms with van der Waals surface area (Å²) in [5.74, 6) is 1.34. The molecule has 4 saturated carbocycles. The zero-order valence-corrected chi connectivity index (χ0v) is 16.5. The van der Waals surface area contributed by atoms with Gasteiger partial charge in [0.15, 0.2) is 0 Å². The Hall–Kier alpha value is -2.37. The van der Waals surface area contributed by atoms with Crippen LogP contribution in [0.15, 0.2) is 24.3 Å². The summed E-state index contributed by atoms with van der Waals surface area (Å²) >= 11 is 0. The van der Waals surface area contributed by atoms with E-state index in [0.717, 1.165) is 19.3 Å². The Bertz CT molecular complexity index is 768. The minimum atomic E-state index is -0.637. The molecule has 4 aliphatic carbocycles. The van der Waals surface area contributed by atoms with E-state index >= 15 is 0 Å². The van der Waals surface area contributed by atoms with Crippen LogP contribution < -0.4 is 10.6 Å². The van der Waals surface area contributed by atoms with Gasteiger partial charge in [0.2, 0.25) is 11.8 Å². The molecule has 1 unspecified atom stereocenters. The molecule has 4 fully saturated rings. The highest BCUT2D eigenvalue weighted by Crippen LogP contribution is 2.60. The van der Waals surface area contributed by atoms with Crippen molar-refractivity contribution in [2.75, 3.05) is 12.4 Å². The Balaban J connectivity index is 1.38. The van der Waals surface area contributed by atoms with Gasteiger partial charge in [0.25, 0.3) is 0 Å². The maximum Gasteiger partial charge on any atom is 0.337 e. The van der Waals surface area contributed by atoms with Crippen LogP contribution in [-0.4, -0.2) is 30.9 Å². The summed E-state index contributed by atoms with van der Waals surface area (Å²) in [6, 6.07) is 5.94. The van der Waals surface area contributed by atoms with Crippen molar-refractivity contribution in [3.05, 3.63) is 29.8 Å². The molecule has 28 heavy (non-hydrogen) atoms. The van der Waals surface area contributed by atoms with Gasteiger partial charge in [0.1, 0.15) is 6.04 Å². The monoisotopic (exact) mass is 384 g/mol. The Morgan fingerprint density at radius 2 is 1.68 bits per heavy atom. The lowest BCUT2D eigenvalue weighted by Gasteiger charge is -2.55. The number of hydrogen-bond donors (Lipinski definition) is 2. The third-order valence-electron chi connectivity index (χ3n) is 6.81. The normalized spacial score (nSPS) is 31.1. The predicted molar refractivity (Wildman–Crippen MR) is 105 cm³/mol. The lowest BCUT2D eigenvalue weighted by Crippen LogP contribution is -2.56. The molecule has 4 bridgehead atoms. The van der Waals surface area contributed by atoms with Gasteiger partial charge in [-0.2, -0.15) is 0 Å². The Morgan fingerprint density at radius 3 is 2.25 bits per heavy atom. The maximum atomic E-state index is 13.1. The Labute approximate surface area is 165 Å². The zero-order chi connectivity index (χ0) is 19.9. The predicted octanol–water partition coefficient (Wildman–Crippen LogP) is 3.13. The summed E-state index contributed by atoms with van der Waals surface area (Å²) in [5.41, 5.74) is 0.600. The number of methoxy groups -OCH3 is 1. The third kappa shape index (κ3) is 3.52. The minimum Gasteiger partial charge on any atom is -0.465 e. The third-order valence-corrected chi connectivity index (χ3v) is 6.81. The molecule has 0 aromatic heterocycles. The molecule has 5 rings (SSSR count). The van der Waals surface area contributed by atoms with Crippen LogP contribution in [-0.2, 0) is 14.3 Å². The van der Waals surface area contributed by atoms with E-state index in [1.807, 2.05) is 0 Å². The minimum absolute atomic E-state index is 0.0394. The van der Waals surface area contributed by atoms with Crippen LogP contribution in [0.4, 0.5) is 5.69 Å². The van der Waals surface area contributed by atoms with Gasteiger partial charge in [-0.1, -0.05) is 6.07 Å². The van der Waals surface area contributed by atoms with E-state index in [4.69, 9.17) is 4.74 Å². The number of benzene rings is 1. The standard InChI is InChI=1S/C22H28N2O4/c1-13(19(25)24-18-5-3-4-17(9-18)20(26)28-2)23-21(27)22-10-14-6-15(11-22)8-16(7-14)12-22/h3-5,9,13-16H,6-8,10-12H2,1-2H3,(H,23,27)(H,24,25). The molecule has 2 N–H and O–H groups in total. The number of rotatable bonds is 5. The molecule has 0 spiro atoms. The second-order valence-corrected chi connectivity index (χ2v) is 8.95. The fourth-order valence-electron chi connectivity index (χ4n) is 5.90. The van der Waals surface area contributed by atoms with Crippen LogP contribution in [0.2, 0.25) is 0 Å². The highest BCUT2D eigenvalue weighted by atomic mass is 16.5. The van der Waals surface area contributed by atoms with E-state index in [1.165, 1.54) is 26.4 Å². The van der Waals surface area contributed by atoms with Gasteiger partial charge in [-0.15, -0.1) is 0 Å². The molecule has 2 amide bonds. The number of anilines is 1. The first-order valence-corrected chi connectivity index (χ1v) is 10.2. The molecule has 0 aliphatic heterocycles. The molecule has 4 aliphatic rings. The smallest absolute Gasteiger partial charge is 0.337 e. The molecule has 0 saturated heterocycles. The van der Waals surface area contributed by atoms with Crippen molar-refractivity contribution in [3.8, 4) is 0 Å². The van der Waals surface area contributed by atoms with Gasteiger partial charge in [0, 0.05) is 11.1 Å². The first-order chi connectivity index (χ1) is 13.4. The van der Waals surface area contributed by atoms with E-state index in [-0.39, 0.29) is 17.2 Å². The van der Waals surface area contributed by atoms with Gasteiger partial charge in [-0.3, -0.25) is 9.59 Å². The van der Waals surface area contributed by atoms with Crippen LogP contribution in [0.3, 0.4) is 0 Å². The van der Waals surface area contributed by atoms with Crippen molar-refractivity contribution in [3.63, 3.8) is 0 Å². The number of esters is 1. The van der Waals surface area contributed by atoms with Crippen LogP contribution in [0.25, 0.3) is 0 Å². The van der Waals surface area contributed by atoms with Crippen molar-refractivity contribution < 1.29 is 19.1 Å². The average Bonchev–Trinajstić information content (AvgIpc) is 2.66. The summed E-state index contributed by atoms with van der Waals surface area (Å²) < 4.78 is 4.70. The molecule has 150 valence electrons. The summed E-state index contributed by atoms with van der Waals surface area (Å²) in [6.07, 6.45) is 6.75. The highest BCUT2D eigenvalue weighted by Gasteiger charge is 2.54. The van der Waals surface area contributed by atoms with Crippen LogP contribution in [0, 0.1) is 23.2 Å². The van der Waals surface area contributed by atoms with Crippen LogP contribution >= 0.6 is 0 Å². The summed E-state index contributed by atoms with van der Waals surface area (Å²) in [7, 11) is 1.32. The first kappa shape index (κ1) is 19.0. The van der Waals surface area contributed by atoms with Gasteiger partial charge in [-0.25, -0.2) is 4.79 Å². The fourth-order valence-corrected chi connectivity index (χ4v) is 5.90. The van der Waals surface area contributed by atoms with E-state index in [9.17, 15) is 14.4 Å². The van der Waals surface area contributed by atoms with Gasteiger partial charge >= 0.3 is 5.97 Å². The number of ether oxygens (including phenoxy) is 1. The molecule has 1 atom stereocenters.